The maximum absolute atomic E-state index is 8.54. The number of anilines is 3. The average molecular weight is 720 g/mol. The fraction of sp³-hybridized carbons (Fsp3) is 0. The Hall–Kier alpha value is -7.42. The Kier molecular flexibility index (Phi) is 7.24. The lowest BCUT2D eigenvalue weighted by atomic mass is 10.0. The summed E-state index contributed by atoms with van der Waals surface area (Å²) in [5, 5.41) is 2.38. The minimum atomic E-state index is -0.402. The molecule has 0 unspecified atom stereocenters. The summed E-state index contributed by atoms with van der Waals surface area (Å²) >= 11 is 0. The number of aromatic nitrogens is 1. The van der Waals surface area contributed by atoms with Gasteiger partial charge < -0.3 is 9.47 Å². The van der Waals surface area contributed by atoms with Crippen LogP contribution in [0.4, 0.5) is 17.1 Å². The molecule has 0 fully saturated rings. The molecule has 0 saturated heterocycles. The highest BCUT2D eigenvalue weighted by Crippen LogP contribution is 2.39. The van der Waals surface area contributed by atoms with Gasteiger partial charge >= 0.3 is 0 Å². The monoisotopic (exact) mass is 719 g/mol. The van der Waals surface area contributed by atoms with Gasteiger partial charge in [0, 0.05) is 33.5 Å². The van der Waals surface area contributed by atoms with Gasteiger partial charge in [0.25, 0.3) is 0 Å². The van der Waals surface area contributed by atoms with Crippen LogP contribution in [0.15, 0.2) is 230 Å². The van der Waals surface area contributed by atoms with Gasteiger partial charge in [-0.15, -0.1) is 0 Å². The number of hydrogen-bond acceptors (Lipinski definition) is 1. The largest absolute Gasteiger partial charge is 0.311 e. The van der Waals surface area contributed by atoms with Gasteiger partial charge in [0.05, 0.1) is 17.9 Å². The molecule has 0 atom stereocenters. The molecular weight excluding hydrogens is 677 g/mol. The van der Waals surface area contributed by atoms with Crippen LogP contribution in [-0.4, -0.2) is 4.57 Å². The van der Waals surface area contributed by atoms with Crippen LogP contribution in [-0.2, 0) is 0 Å². The van der Waals surface area contributed by atoms with Crippen LogP contribution in [0.25, 0.3) is 72.0 Å². The van der Waals surface area contributed by atoms with Crippen molar-refractivity contribution in [2.45, 2.75) is 0 Å². The van der Waals surface area contributed by atoms with Crippen molar-refractivity contribution < 1.29 is 6.85 Å². The predicted molar refractivity (Wildman–Crippen MR) is 237 cm³/mol. The Morgan fingerprint density at radius 1 is 0.321 bits per heavy atom. The van der Waals surface area contributed by atoms with Crippen molar-refractivity contribution in [3.05, 3.63) is 230 Å². The zero-order chi connectivity index (χ0) is 41.6. The molecule has 10 aromatic rings. The third kappa shape index (κ3) is 6.24. The molecule has 0 aliphatic rings. The summed E-state index contributed by atoms with van der Waals surface area (Å²) in [4.78, 5) is 2.17. The summed E-state index contributed by atoms with van der Waals surface area (Å²) in [6.07, 6.45) is 0. The molecule has 0 N–H and O–H groups in total. The molecule has 264 valence electrons. The zero-order valence-corrected chi connectivity index (χ0v) is 30.4. The molecule has 0 aliphatic heterocycles. The maximum atomic E-state index is 8.54. The number of nitrogens with zero attached hydrogens (tertiary/aromatic N) is 2. The smallest absolute Gasteiger partial charge is 0.0629 e. The molecule has 9 aromatic carbocycles. The highest BCUT2D eigenvalue weighted by atomic mass is 15.1. The van der Waals surface area contributed by atoms with Gasteiger partial charge in [-0.3, -0.25) is 0 Å². The summed E-state index contributed by atoms with van der Waals surface area (Å²) in [6, 6.07) is 67.8. The lowest BCUT2D eigenvalue weighted by Crippen LogP contribution is -2.09. The van der Waals surface area contributed by atoms with Crippen molar-refractivity contribution in [2.24, 2.45) is 0 Å². The van der Waals surface area contributed by atoms with Crippen LogP contribution in [0.1, 0.15) is 6.85 Å². The third-order valence-electron chi connectivity index (χ3n) is 10.5. The minimum Gasteiger partial charge on any atom is -0.311 e. The van der Waals surface area contributed by atoms with Gasteiger partial charge in [-0.05, 0) is 111 Å². The van der Waals surface area contributed by atoms with Crippen LogP contribution in [0.2, 0.25) is 0 Å². The number of rotatable bonds is 8. The topological polar surface area (TPSA) is 8.17 Å². The molecule has 0 saturated carbocycles. The number of para-hydroxylation sites is 1. The van der Waals surface area contributed by atoms with Gasteiger partial charge in [-0.1, -0.05) is 164 Å². The van der Waals surface area contributed by atoms with Crippen LogP contribution >= 0.6 is 0 Å². The molecule has 10 rings (SSSR count). The first-order chi connectivity index (χ1) is 29.8. The highest BCUT2D eigenvalue weighted by molar-refractivity contribution is 6.10. The highest BCUT2D eigenvalue weighted by Gasteiger charge is 2.16. The van der Waals surface area contributed by atoms with Crippen molar-refractivity contribution in [1.29, 1.82) is 0 Å². The van der Waals surface area contributed by atoms with Gasteiger partial charge in [0.1, 0.15) is 0 Å². The average Bonchev–Trinajstić information content (AvgIpc) is 3.65. The van der Waals surface area contributed by atoms with Gasteiger partial charge in [0.15, 0.2) is 0 Å². The van der Waals surface area contributed by atoms with Crippen molar-refractivity contribution >= 4 is 38.9 Å². The van der Waals surface area contributed by atoms with Crippen molar-refractivity contribution in [2.75, 3.05) is 4.90 Å². The van der Waals surface area contributed by atoms with Gasteiger partial charge in [-0.2, -0.15) is 0 Å². The molecule has 0 bridgehead atoms. The van der Waals surface area contributed by atoms with Crippen molar-refractivity contribution in [3.8, 4) is 50.2 Å². The standard InChI is InChI=1S/C54H38N2/c1-4-12-39(13-5-1)42-20-29-47(30-21-42)55(48-31-22-43(23-32-48)40-14-6-2-7-15-40)49-33-26-45(27-34-49)46-28-37-54-52(38-46)51-18-10-11-19-53(51)56(54)50-35-24-44(25-36-50)41-16-8-3-9-17-41/h1-38H/i1D,4D,5D,12D,13D. The van der Waals surface area contributed by atoms with Crippen molar-refractivity contribution in [1.82, 2.24) is 4.57 Å². The Labute approximate surface area is 334 Å². The molecular formula is C54H38N2. The fourth-order valence-electron chi connectivity index (χ4n) is 7.72. The summed E-state index contributed by atoms with van der Waals surface area (Å²) in [6.45, 7) is 0. The van der Waals surface area contributed by atoms with E-state index < -0.39 is 6.04 Å². The first-order valence-electron chi connectivity index (χ1n) is 21.3. The molecule has 0 aliphatic carbocycles. The summed E-state index contributed by atoms with van der Waals surface area (Å²) in [5.74, 6) is 0. The van der Waals surface area contributed by atoms with E-state index in [1.807, 2.05) is 48.5 Å². The van der Waals surface area contributed by atoms with Crippen LogP contribution in [0.3, 0.4) is 0 Å². The van der Waals surface area contributed by atoms with E-state index in [1.165, 1.54) is 21.9 Å². The molecule has 1 aromatic heterocycles. The molecule has 2 heteroatoms. The van der Waals surface area contributed by atoms with E-state index in [0.717, 1.165) is 56.0 Å². The minimum absolute atomic E-state index is 0.182. The maximum Gasteiger partial charge on any atom is 0.0629 e. The van der Waals surface area contributed by atoms with Crippen LogP contribution < -0.4 is 4.90 Å². The Bertz CT molecular complexity index is 3170. The second kappa shape index (κ2) is 14.4. The second-order valence-electron chi connectivity index (χ2n) is 13.8. The molecule has 0 amide bonds. The summed E-state index contributed by atoms with van der Waals surface area (Å²) in [5.41, 5.74) is 13.7. The van der Waals surface area contributed by atoms with E-state index in [1.54, 1.807) is 0 Å². The van der Waals surface area contributed by atoms with E-state index >= 15 is 0 Å². The van der Waals surface area contributed by atoms with E-state index in [-0.39, 0.29) is 29.7 Å². The third-order valence-corrected chi connectivity index (χ3v) is 10.5. The zero-order valence-electron chi connectivity index (χ0n) is 35.4. The van der Waals surface area contributed by atoms with E-state index in [9.17, 15) is 0 Å². The first-order valence-corrected chi connectivity index (χ1v) is 18.8. The number of hydrogen-bond donors (Lipinski definition) is 0. The predicted octanol–water partition coefficient (Wildman–Crippen LogP) is 14.9. The van der Waals surface area contributed by atoms with Crippen molar-refractivity contribution in [3.63, 3.8) is 0 Å². The van der Waals surface area contributed by atoms with Crippen LogP contribution in [0, 0.1) is 0 Å². The first kappa shape index (κ1) is 28.1. The number of benzene rings is 9. The summed E-state index contributed by atoms with van der Waals surface area (Å²) < 4.78 is 43.9. The Morgan fingerprint density at radius 2 is 0.732 bits per heavy atom. The van der Waals surface area contributed by atoms with Crippen LogP contribution in [0.5, 0.6) is 0 Å². The van der Waals surface area contributed by atoms with Gasteiger partial charge in [-0.25, -0.2) is 0 Å². The molecule has 56 heavy (non-hydrogen) atoms. The summed E-state index contributed by atoms with van der Waals surface area (Å²) in [7, 11) is 0. The molecule has 0 radical (unpaired) electrons. The second-order valence-corrected chi connectivity index (χ2v) is 13.8. The quantitative estimate of drug-likeness (QED) is 0.152. The number of fused-ring (bicyclic) bond motifs is 3. The van der Waals surface area contributed by atoms with Gasteiger partial charge in [0.2, 0.25) is 0 Å². The normalized spacial score (nSPS) is 12.5. The Morgan fingerprint density at radius 3 is 1.29 bits per heavy atom. The van der Waals surface area contributed by atoms with E-state index in [4.69, 9.17) is 6.85 Å². The molecule has 2 nitrogen and oxygen atoms in total. The Balaban J connectivity index is 1.02. The van der Waals surface area contributed by atoms with E-state index in [2.05, 4.69) is 161 Å². The molecule has 0 spiro atoms. The van der Waals surface area contributed by atoms with E-state index in [0.29, 0.717) is 5.56 Å². The SMILES string of the molecule is [2H]c1c([2H])c([2H])c(-c2ccc(N(c3ccc(-c4ccccc4)cc3)c3ccc(-c4ccc5c(c4)c4ccccc4n5-c4ccc(-c5ccccc5)cc4)cc3)cc2)c([2H])c1[2H]. The lowest BCUT2D eigenvalue weighted by Gasteiger charge is -2.26. The molecule has 1 heterocycles. The lowest BCUT2D eigenvalue weighted by molar-refractivity contribution is 1.18. The fourth-order valence-corrected chi connectivity index (χ4v) is 7.72.